The number of benzene rings is 2. The molecule has 4 rings (SSSR count). The Labute approximate surface area is 155 Å². The van der Waals surface area contributed by atoms with Crippen molar-refractivity contribution in [1.82, 2.24) is 4.90 Å². The van der Waals surface area contributed by atoms with E-state index in [9.17, 15) is 13.2 Å². The van der Waals surface area contributed by atoms with Gasteiger partial charge >= 0.3 is 0 Å². The van der Waals surface area contributed by atoms with Crippen molar-refractivity contribution in [1.29, 1.82) is 0 Å². The van der Waals surface area contributed by atoms with Gasteiger partial charge in [-0.05, 0) is 48.4 Å². The SMILES string of the molecule is CS(=O)(=O)C1C[C@H]2CC[C@@H](C1)N2C(=O)CCc1cccc2ccccc12. The number of hydrogen-bond acceptors (Lipinski definition) is 3. The Hall–Kier alpha value is -1.88. The first-order valence-electron chi connectivity index (χ1n) is 9.40. The van der Waals surface area contributed by atoms with Crippen LogP contribution < -0.4 is 0 Å². The summed E-state index contributed by atoms with van der Waals surface area (Å²) in [6.07, 6.45) is 5.64. The Morgan fingerprint density at radius 2 is 1.69 bits per heavy atom. The zero-order chi connectivity index (χ0) is 18.3. The van der Waals surface area contributed by atoms with Crippen LogP contribution >= 0.6 is 0 Å². The molecular weight excluding hydrogens is 346 g/mol. The van der Waals surface area contributed by atoms with Gasteiger partial charge in [-0.3, -0.25) is 4.79 Å². The van der Waals surface area contributed by atoms with Gasteiger partial charge in [0.25, 0.3) is 0 Å². The summed E-state index contributed by atoms with van der Waals surface area (Å²) in [5, 5.41) is 2.13. The maximum atomic E-state index is 12.9. The minimum atomic E-state index is -3.02. The van der Waals surface area contributed by atoms with Crippen molar-refractivity contribution < 1.29 is 13.2 Å². The molecule has 2 aromatic carbocycles. The third kappa shape index (κ3) is 3.25. The van der Waals surface area contributed by atoms with Crippen LogP contribution in [0.5, 0.6) is 0 Å². The highest BCUT2D eigenvalue weighted by Gasteiger charge is 2.45. The molecule has 1 amide bonds. The van der Waals surface area contributed by atoms with Crippen LogP contribution in [0.4, 0.5) is 0 Å². The maximum Gasteiger partial charge on any atom is 0.223 e. The smallest absolute Gasteiger partial charge is 0.223 e. The van der Waals surface area contributed by atoms with Crippen LogP contribution in [0, 0.1) is 0 Å². The van der Waals surface area contributed by atoms with Crippen molar-refractivity contribution in [3.8, 4) is 0 Å². The number of fused-ring (bicyclic) bond motifs is 3. The molecule has 2 aromatic rings. The molecule has 0 aliphatic carbocycles. The van der Waals surface area contributed by atoms with Gasteiger partial charge < -0.3 is 4.90 Å². The highest BCUT2D eigenvalue weighted by Crippen LogP contribution is 2.38. The molecule has 2 bridgehead atoms. The Morgan fingerprint density at radius 1 is 1.04 bits per heavy atom. The third-order valence-electron chi connectivity index (χ3n) is 6.07. The van der Waals surface area contributed by atoms with Crippen molar-refractivity contribution in [2.75, 3.05) is 6.26 Å². The van der Waals surface area contributed by atoms with E-state index < -0.39 is 9.84 Å². The van der Waals surface area contributed by atoms with E-state index in [1.165, 1.54) is 22.6 Å². The summed E-state index contributed by atoms with van der Waals surface area (Å²) in [5.74, 6) is 0.178. The second-order valence-electron chi connectivity index (χ2n) is 7.75. The predicted molar refractivity (Wildman–Crippen MR) is 104 cm³/mol. The first-order valence-corrected chi connectivity index (χ1v) is 11.4. The molecule has 2 aliphatic heterocycles. The molecule has 26 heavy (non-hydrogen) atoms. The second kappa shape index (κ2) is 6.69. The summed E-state index contributed by atoms with van der Waals surface area (Å²) in [4.78, 5) is 14.9. The lowest BCUT2D eigenvalue weighted by molar-refractivity contribution is -0.135. The molecule has 5 heteroatoms. The molecule has 0 aromatic heterocycles. The normalized spacial score (nSPS) is 25.6. The highest BCUT2D eigenvalue weighted by molar-refractivity contribution is 7.91. The molecule has 2 saturated heterocycles. The number of piperidine rings is 1. The molecule has 1 unspecified atom stereocenters. The van der Waals surface area contributed by atoms with Gasteiger partial charge in [0.05, 0.1) is 5.25 Å². The number of carbonyl (C=O) groups is 1. The molecule has 0 saturated carbocycles. The zero-order valence-electron chi connectivity index (χ0n) is 15.1. The van der Waals surface area contributed by atoms with E-state index in [1.807, 2.05) is 23.1 Å². The molecule has 2 aliphatic rings. The van der Waals surface area contributed by atoms with Crippen LogP contribution in [0.2, 0.25) is 0 Å². The van der Waals surface area contributed by atoms with Crippen LogP contribution in [0.15, 0.2) is 42.5 Å². The van der Waals surface area contributed by atoms with Crippen molar-refractivity contribution in [2.24, 2.45) is 0 Å². The lowest BCUT2D eigenvalue weighted by atomic mass is 9.98. The van der Waals surface area contributed by atoms with E-state index in [-0.39, 0.29) is 23.2 Å². The number of rotatable bonds is 4. The van der Waals surface area contributed by atoms with Gasteiger partial charge in [-0.1, -0.05) is 42.5 Å². The molecule has 2 heterocycles. The number of aryl methyl sites for hydroxylation is 1. The van der Waals surface area contributed by atoms with Gasteiger partial charge in [0.15, 0.2) is 0 Å². The highest BCUT2D eigenvalue weighted by atomic mass is 32.2. The van der Waals surface area contributed by atoms with Crippen molar-refractivity contribution >= 4 is 26.5 Å². The van der Waals surface area contributed by atoms with Crippen molar-refractivity contribution in [2.45, 2.75) is 55.9 Å². The van der Waals surface area contributed by atoms with Crippen LogP contribution in [-0.2, 0) is 21.1 Å². The van der Waals surface area contributed by atoms with E-state index in [0.29, 0.717) is 19.3 Å². The third-order valence-corrected chi connectivity index (χ3v) is 7.67. The van der Waals surface area contributed by atoms with Crippen LogP contribution in [0.1, 0.15) is 37.7 Å². The number of amides is 1. The molecule has 2 fully saturated rings. The fourth-order valence-corrected chi connectivity index (χ4v) is 5.91. The Kier molecular flexibility index (Phi) is 4.51. The van der Waals surface area contributed by atoms with Crippen molar-refractivity contribution in [3.05, 3.63) is 48.0 Å². The van der Waals surface area contributed by atoms with Gasteiger partial charge in [-0.2, -0.15) is 0 Å². The predicted octanol–water partition coefficient (Wildman–Crippen LogP) is 3.34. The van der Waals surface area contributed by atoms with Crippen LogP contribution in [-0.4, -0.2) is 42.8 Å². The fourth-order valence-electron chi connectivity index (χ4n) is 4.77. The van der Waals surface area contributed by atoms with E-state index in [2.05, 4.69) is 24.3 Å². The second-order valence-corrected chi connectivity index (χ2v) is 10.1. The molecule has 4 nitrogen and oxygen atoms in total. The summed E-state index contributed by atoms with van der Waals surface area (Å²) in [6, 6.07) is 14.7. The molecule has 0 radical (unpaired) electrons. The number of hydrogen-bond donors (Lipinski definition) is 0. The molecule has 3 atom stereocenters. The molecular formula is C21H25NO3S. The van der Waals surface area contributed by atoms with Crippen LogP contribution in [0.25, 0.3) is 10.8 Å². The lowest BCUT2D eigenvalue weighted by Gasteiger charge is -2.38. The summed E-state index contributed by atoms with van der Waals surface area (Å²) >= 11 is 0. The fraction of sp³-hybridized carbons (Fsp3) is 0.476. The largest absolute Gasteiger partial charge is 0.337 e. The summed E-state index contributed by atoms with van der Waals surface area (Å²) in [6.45, 7) is 0. The minimum absolute atomic E-state index is 0.105. The van der Waals surface area contributed by atoms with Gasteiger partial charge in [-0.15, -0.1) is 0 Å². The average molecular weight is 372 g/mol. The Bertz CT molecular complexity index is 918. The van der Waals surface area contributed by atoms with Crippen LogP contribution in [0.3, 0.4) is 0 Å². The van der Waals surface area contributed by atoms with Gasteiger partial charge in [0.1, 0.15) is 9.84 Å². The van der Waals surface area contributed by atoms with E-state index in [0.717, 1.165) is 19.3 Å². The Morgan fingerprint density at radius 3 is 2.38 bits per heavy atom. The first kappa shape index (κ1) is 17.5. The Balaban J connectivity index is 1.46. The topological polar surface area (TPSA) is 54.5 Å². The standard InChI is InChI=1S/C21H25NO3S/c1-26(24,25)19-13-17-10-11-18(14-19)22(17)21(23)12-9-16-7-4-6-15-5-2-3-8-20(15)16/h2-8,17-19H,9-14H2,1H3/t17-,18+,19?. The average Bonchev–Trinajstić information content (AvgIpc) is 2.88. The summed E-state index contributed by atoms with van der Waals surface area (Å²) in [7, 11) is -3.02. The van der Waals surface area contributed by atoms with E-state index >= 15 is 0 Å². The van der Waals surface area contributed by atoms with Crippen molar-refractivity contribution in [3.63, 3.8) is 0 Å². The summed E-state index contributed by atoms with van der Waals surface area (Å²) in [5.41, 5.74) is 1.20. The molecule has 138 valence electrons. The van der Waals surface area contributed by atoms with Gasteiger partial charge in [0, 0.05) is 24.8 Å². The zero-order valence-corrected chi connectivity index (χ0v) is 15.9. The number of carbonyl (C=O) groups excluding carboxylic acids is 1. The molecule has 0 spiro atoms. The first-order chi connectivity index (χ1) is 12.4. The quantitative estimate of drug-likeness (QED) is 0.828. The maximum absolute atomic E-state index is 12.9. The lowest BCUT2D eigenvalue weighted by Crippen LogP contribution is -2.49. The number of sulfone groups is 1. The number of nitrogens with zero attached hydrogens (tertiary/aromatic N) is 1. The van der Waals surface area contributed by atoms with Gasteiger partial charge in [-0.25, -0.2) is 8.42 Å². The van der Waals surface area contributed by atoms with E-state index in [1.54, 1.807) is 0 Å². The monoisotopic (exact) mass is 371 g/mol. The summed E-state index contributed by atoms with van der Waals surface area (Å²) < 4.78 is 23.8. The minimum Gasteiger partial charge on any atom is -0.337 e. The van der Waals surface area contributed by atoms with Gasteiger partial charge in [0.2, 0.25) is 5.91 Å². The molecule has 0 N–H and O–H groups in total. The van der Waals surface area contributed by atoms with E-state index in [4.69, 9.17) is 0 Å².